The van der Waals surface area contributed by atoms with Crippen molar-refractivity contribution in [3.8, 4) is 11.5 Å². The molecule has 0 aliphatic rings. The van der Waals surface area contributed by atoms with Crippen LogP contribution in [0.4, 0.5) is 5.69 Å². The molecule has 3 rings (SSSR count). The lowest BCUT2D eigenvalue weighted by atomic mass is 9.97. The minimum absolute atomic E-state index is 0.413. The SMILES string of the molecule is CCCCCCOc1ccc(NCC(C)c2ccc3cc(OC)ccc3c2)cc1. The van der Waals surface area contributed by atoms with E-state index in [1.165, 1.54) is 35.6 Å². The maximum atomic E-state index is 5.82. The summed E-state index contributed by atoms with van der Waals surface area (Å²) < 4.78 is 11.1. The van der Waals surface area contributed by atoms with E-state index >= 15 is 0 Å². The van der Waals surface area contributed by atoms with Crippen LogP contribution >= 0.6 is 0 Å². The summed E-state index contributed by atoms with van der Waals surface area (Å²) in [6, 6.07) is 21.2. The molecule has 29 heavy (non-hydrogen) atoms. The normalized spacial score (nSPS) is 12.0. The highest BCUT2D eigenvalue weighted by Crippen LogP contribution is 2.25. The zero-order valence-corrected chi connectivity index (χ0v) is 17.9. The Morgan fingerprint density at radius 2 is 1.55 bits per heavy atom. The van der Waals surface area contributed by atoms with Gasteiger partial charge >= 0.3 is 0 Å². The minimum atomic E-state index is 0.413. The Morgan fingerprint density at radius 3 is 2.31 bits per heavy atom. The second kappa shape index (κ2) is 10.8. The predicted molar refractivity (Wildman–Crippen MR) is 123 cm³/mol. The third kappa shape index (κ3) is 6.15. The van der Waals surface area contributed by atoms with Crippen LogP contribution in [0.1, 0.15) is 51.0 Å². The van der Waals surface area contributed by atoms with Gasteiger partial charge in [0.25, 0.3) is 0 Å². The topological polar surface area (TPSA) is 30.5 Å². The summed E-state index contributed by atoms with van der Waals surface area (Å²) in [6.07, 6.45) is 4.92. The van der Waals surface area contributed by atoms with Gasteiger partial charge in [-0.15, -0.1) is 0 Å². The summed E-state index contributed by atoms with van der Waals surface area (Å²) in [7, 11) is 1.70. The van der Waals surface area contributed by atoms with E-state index in [9.17, 15) is 0 Å². The highest BCUT2D eigenvalue weighted by atomic mass is 16.5. The Morgan fingerprint density at radius 1 is 0.828 bits per heavy atom. The summed E-state index contributed by atoms with van der Waals surface area (Å²) in [5.41, 5.74) is 2.46. The van der Waals surface area contributed by atoms with Gasteiger partial charge in [0.05, 0.1) is 13.7 Å². The maximum absolute atomic E-state index is 5.82. The zero-order chi connectivity index (χ0) is 20.5. The third-order valence-corrected chi connectivity index (χ3v) is 5.37. The first-order valence-corrected chi connectivity index (χ1v) is 10.7. The van der Waals surface area contributed by atoms with Crippen molar-refractivity contribution in [1.82, 2.24) is 0 Å². The highest BCUT2D eigenvalue weighted by molar-refractivity contribution is 5.84. The lowest BCUT2D eigenvalue weighted by Gasteiger charge is -2.15. The average Bonchev–Trinajstić information content (AvgIpc) is 2.77. The van der Waals surface area contributed by atoms with Gasteiger partial charge in [-0.25, -0.2) is 0 Å². The van der Waals surface area contributed by atoms with Crippen LogP contribution in [0.3, 0.4) is 0 Å². The first-order chi connectivity index (χ1) is 14.2. The Kier molecular flexibility index (Phi) is 7.80. The summed E-state index contributed by atoms with van der Waals surface area (Å²) in [6.45, 7) is 6.17. The van der Waals surface area contributed by atoms with Crippen molar-refractivity contribution in [2.75, 3.05) is 25.6 Å². The second-order valence-electron chi connectivity index (χ2n) is 7.69. The van der Waals surface area contributed by atoms with E-state index in [0.29, 0.717) is 5.92 Å². The molecule has 0 aromatic heterocycles. The third-order valence-electron chi connectivity index (χ3n) is 5.37. The molecule has 1 atom stereocenters. The quantitative estimate of drug-likeness (QED) is 0.356. The van der Waals surface area contributed by atoms with E-state index in [1.807, 2.05) is 6.07 Å². The Labute approximate surface area is 175 Å². The fraction of sp³-hybridized carbons (Fsp3) is 0.385. The summed E-state index contributed by atoms with van der Waals surface area (Å²) in [5.74, 6) is 2.26. The van der Waals surface area contributed by atoms with Crippen molar-refractivity contribution < 1.29 is 9.47 Å². The lowest BCUT2D eigenvalue weighted by molar-refractivity contribution is 0.305. The number of methoxy groups -OCH3 is 1. The van der Waals surface area contributed by atoms with Crippen molar-refractivity contribution in [2.24, 2.45) is 0 Å². The van der Waals surface area contributed by atoms with Crippen molar-refractivity contribution in [1.29, 1.82) is 0 Å². The first-order valence-electron chi connectivity index (χ1n) is 10.7. The molecule has 1 N–H and O–H groups in total. The number of unbranched alkanes of at least 4 members (excludes halogenated alkanes) is 3. The molecule has 0 aliphatic heterocycles. The maximum Gasteiger partial charge on any atom is 0.119 e. The molecule has 154 valence electrons. The minimum Gasteiger partial charge on any atom is -0.497 e. The standard InChI is InChI=1S/C26H33NO2/c1-4-5-6-7-16-29-25-14-11-24(12-15-25)27-19-20(2)21-8-9-23-18-26(28-3)13-10-22(23)17-21/h8-15,17-18,20,27H,4-7,16,19H2,1-3H3. The first kappa shape index (κ1) is 21.0. The van der Waals surface area contributed by atoms with Crippen molar-refractivity contribution in [3.05, 3.63) is 66.2 Å². The van der Waals surface area contributed by atoms with Gasteiger partial charge in [-0.3, -0.25) is 0 Å². The lowest BCUT2D eigenvalue weighted by Crippen LogP contribution is -2.09. The average molecular weight is 392 g/mol. The summed E-state index contributed by atoms with van der Waals surface area (Å²) in [5, 5.41) is 6.00. The number of rotatable bonds is 11. The van der Waals surface area contributed by atoms with Crippen LogP contribution in [0, 0.1) is 0 Å². The number of fused-ring (bicyclic) bond motifs is 1. The van der Waals surface area contributed by atoms with Crippen LogP contribution in [-0.2, 0) is 0 Å². The molecule has 1 unspecified atom stereocenters. The van der Waals surface area contributed by atoms with Gasteiger partial charge in [0.2, 0.25) is 0 Å². The Hall–Kier alpha value is -2.68. The molecule has 0 spiro atoms. The molecule has 3 heteroatoms. The van der Waals surface area contributed by atoms with Gasteiger partial charge in [-0.05, 0) is 65.1 Å². The van der Waals surface area contributed by atoms with Gasteiger partial charge in [0, 0.05) is 12.2 Å². The highest BCUT2D eigenvalue weighted by Gasteiger charge is 2.07. The van der Waals surface area contributed by atoms with Gasteiger partial charge in [-0.2, -0.15) is 0 Å². The molecular weight excluding hydrogens is 358 g/mol. The molecule has 3 nitrogen and oxygen atoms in total. The smallest absolute Gasteiger partial charge is 0.119 e. The predicted octanol–water partition coefficient (Wildman–Crippen LogP) is 7.02. The van der Waals surface area contributed by atoms with Crippen molar-refractivity contribution in [2.45, 2.75) is 45.4 Å². The number of hydrogen-bond donors (Lipinski definition) is 1. The number of benzene rings is 3. The Bertz CT molecular complexity index is 889. The molecule has 0 bridgehead atoms. The van der Waals surface area contributed by atoms with E-state index in [4.69, 9.17) is 9.47 Å². The van der Waals surface area contributed by atoms with E-state index in [2.05, 4.69) is 73.8 Å². The van der Waals surface area contributed by atoms with Crippen molar-refractivity contribution in [3.63, 3.8) is 0 Å². The van der Waals surface area contributed by atoms with E-state index < -0.39 is 0 Å². The van der Waals surface area contributed by atoms with E-state index in [-0.39, 0.29) is 0 Å². The van der Waals surface area contributed by atoms with Gasteiger partial charge in [0.15, 0.2) is 0 Å². The second-order valence-corrected chi connectivity index (χ2v) is 7.69. The molecule has 0 saturated carbocycles. The number of anilines is 1. The molecule has 0 saturated heterocycles. The van der Waals surface area contributed by atoms with Crippen molar-refractivity contribution >= 4 is 16.5 Å². The Balaban J connectivity index is 1.51. The molecule has 0 amide bonds. The van der Waals surface area contributed by atoms with Crippen LogP contribution < -0.4 is 14.8 Å². The van der Waals surface area contributed by atoms with Crippen LogP contribution in [0.2, 0.25) is 0 Å². The van der Waals surface area contributed by atoms with Gasteiger partial charge in [0.1, 0.15) is 11.5 Å². The number of nitrogens with one attached hydrogen (secondary N) is 1. The van der Waals surface area contributed by atoms with Crippen LogP contribution in [-0.4, -0.2) is 20.3 Å². The van der Waals surface area contributed by atoms with E-state index in [0.717, 1.165) is 36.8 Å². The van der Waals surface area contributed by atoms with Crippen LogP contribution in [0.25, 0.3) is 10.8 Å². The largest absolute Gasteiger partial charge is 0.497 e. The number of hydrogen-bond acceptors (Lipinski definition) is 3. The molecule has 0 fully saturated rings. The fourth-order valence-corrected chi connectivity index (χ4v) is 3.45. The molecular formula is C26H33NO2. The molecule has 0 heterocycles. The zero-order valence-electron chi connectivity index (χ0n) is 17.9. The molecule has 3 aromatic carbocycles. The summed E-state index contributed by atoms with van der Waals surface area (Å²) in [4.78, 5) is 0. The summed E-state index contributed by atoms with van der Waals surface area (Å²) >= 11 is 0. The van der Waals surface area contributed by atoms with Gasteiger partial charge in [-0.1, -0.05) is 57.4 Å². The fourth-order valence-electron chi connectivity index (χ4n) is 3.45. The molecule has 3 aromatic rings. The van der Waals surface area contributed by atoms with E-state index in [1.54, 1.807) is 7.11 Å². The van der Waals surface area contributed by atoms with Crippen LogP contribution in [0.15, 0.2) is 60.7 Å². The van der Waals surface area contributed by atoms with Crippen LogP contribution in [0.5, 0.6) is 11.5 Å². The molecule has 0 aliphatic carbocycles. The van der Waals surface area contributed by atoms with Gasteiger partial charge < -0.3 is 14.8 Å². The number of ether oxygens (including phenoxy) is 2. The molecule has 0 radical (unpaired) electrons. The monoisotopic (exact) mass is 391 g/mol.